The molecule has 0 aliphatic carbocycles. The predicted octanol–water partition coefficient (Wildman–Crippen LogP) is 17.3. The molecule has 0 saturated carbocycles. The molecule has 29 heteroatoms. The highest BCUT2D eigenvalue weighted by Crippen LogP contribution is 2.34. The molecule has 3 aliphatic heterocycles. The van der Waals surface area contributed by atoms with Crippen LogP contribution < -0.4 is 16.0 Å². The van der Waals surface area contributed by atoms with Gasteiger partial charge in [0.2, 0.25) is 0 Å². The molecule has 0 bridgehead atoms. The Bertz CT molecular complexity index is 4550. The van der Waals surface area contributed by atoms with Crippen molar-refractivity contribution in [3.8, 4) is 5.75 Å². The minimum absolute atomic E-state index is 0. The zero-order valence-electron chi connectivity index (χ0n) is 59.1. The number of hydrogen-bond acceptors (Lipinski definition) is 22. The van der Waals surface area contributed by atoms with E-state index in [0.717, 1.165) is 195 Å². The zero-order valence-corrected chi connectivity index (χ0v) is 63.9. The van der Waals surface area contributed by atoms with Gasteiger partial charge >= 0.3 is 0 Å². The smallest absolute Gasteiger partial charge is 0.191 e. The molecule has 0 radical (unpaired) electrons. The van der Waals surface area contributed by atoms with Crippen LogP contribution in [0.1, 0.15) is 64.7 Å². The summed E-state index contributed by atoms with van der Waals surface area (Å²) in [4.78, 5) is 36.4. The van der Waals surface area contributed by atoms with Gasteiger partial charge in [0.05, 0.1) is 74.4 Å². The van der Waals surface area contributed by atoms with Gasteiger partial charge in [-0.05, 0) is 83.8 Å². The molecule has 109 heavy (non-hydrogen) atoms. The van der Waals surface area contributed by atoms with Crippen molar-refractivity contribution in [2.45, 2.75) is 89.5 Å². The van der Waals surface area contributed by atoms with Gasteiger partial charge < -0.3 is 35.3 Å². The molecule has 2 atom stereocenters. The molecule has 22 nitrogen and oxygen atoms in total. The summed E-state index contributed by atoms with van der Waals surface area (Å²) in [5.74, 6) is 5.37. The summed E-state index contributed by atoms with van der Waals surface area (Å²) in [5.41, 5.74) is 8.49. The fraction of sp³-hybridized carbons (Fsp3) is 0.362. The Balaban J connectivity index is 0.000000185. The second-order valence-electron chi connectivity index (χ2n) is 25.7. The lowest BCUT2D eigenvalue weighted by Gasteiger charge is -2.26. The van der Waals surface area contributed by atoms with E-state index in [0.29, 0.717) is 51.0 Å². The molecule has 0 spiro atoms. The van der Waals surface area contributed by atoms with E-state index >= 15 is 0 Å². The molecule has 12 aromatic rings. The normalized spacial score (nSPS) is 14.5. The third kappa shape index (κ3) is 24.4. The highest BCUT2D eigenvalue weighted by Gasteiger charge is 2.22. The van der Waals surface area contributed by atoms with Gasteiger partial charge in [-0.3, -0.25) is 14.7 Å². The first-order valence-electron chi connectivity index (χ1n) is 35.4. The summed E-state index contributed by atoms with van der Waals surface area (Å²) in [7, 11) is 0. The number of halogens is 4. The number of rotatable bonds is 27. The third-order valence-corrected chi connectivity index (χ3v) is 21.0. The Morgan fingerprint density at radius 1 is 0.440 bits per heavy atom. The van der Waals surface area contributed by atoms with E-state index in [1.807, 2.05) is 93.2 Å². The highest BCUT2D eigenvalue weighted by molar-refractivity contribution is 7.99. The Morgan fingerprint density at radius 3 is 1.17 bits per heavy atom. The van der Waals surface area contributed by atoms with Gasteiger partial charge in [0.15, 0.2) is 32.4 Å². The Labute approximate surface area is 667 Å². The summed E-state index contributed by atoms with van der Waals surface area (Å²) >= 11 is 17.4. The van der Waals surface area contributed by atoms with E-state index in [-0.39, 0.29) is 52.2 Å². The molecule has 2 unspecified atom stereocenters. The molecule has 3 saturated heterocycles. The Hall–Kier alpha value is -8.22. The standard InChI is InChI=1S/C26H29ClN6OS.C26H30N6O2S.C25H26ClFN6OS.3CH4.ClH/c1-19(20-6-3-2-4-7-20)18-33-25-23(17-28-33)24(29-22-9-5-8-21(27)16-22)30-26(31-25)35-15-12-32-10-13-34-14-11-32;1-19(20-6-3-2-4-7-20)18-32-25-23(17-27-32)24(28-21-8-5-9-22(33)16-21)29-26(30-25)35-15-12-31-10-13-34-14-11-31;26-19-2-1-3-21(16-19)29-23-22-17-28-33(9-8-18-4-6-20(27)7-5-18)24(22)31-25(30-23)35-15-12-32-10-13-34-14-11-32;;;;/h2-9,16-17,19H,10-15,18H2,1H3,(H,29,30,31);2-9,16-17,19,33H,10-15,18H2,1H3,(H,28,29,30);1-7,16-17H,8-15H2,(H,29,30,31);3*1H4;1H. The van der Waals surface area contributed by atoms with Crippen molar-refractivity contribution < 1.29 is 23.7 Å². The topological polar surface area (TPSA) is 225 Å². The van der Waals surface area contributed by atoms with Gasteiger partial charge in [-0.25, -0.2) is 48.3 Å². The summed E-state index contributed by atoms with van der Waals surface area (Å²) in [6, 6.07) is 49.8. The minimum atomic E-state index is -0.235. The summed E-state index contributed by atoms with van der Waals surface area (Å²) in [6.07, 6.45) is 6.18. The quantitative estimate of drug-likeness (QED) is 0.0277. The SMILES string of the molecule is C.C.C.CC(Cn1ncc2c(Nc3cccc(Cl)c3)nc(SCCN3CCOCC3)nc21)c1ccccc1.CC(Cn1ncc2c(Nc3cccc(O)c3)nc(SCCN3CCOCC3)nc21)c1ccccc1.Cl.Fc1ccc(CCn2ncc3c(Nc4cccc(Cl)c4)nc(SCCN4CCOCC4)nc32)cc1. The van der Waals surface area contributed by atoms with Crippen LogP contribution in [0.5, 0.6) is 5.75 Å². The maximum absolute atomic E-state index is 13.3. The first-order valence-corrected chi connectivity index (χ1v) is 39.1. The summed E-state index contributed by atoms with van der Waals surface area (Å²) in [5, 5.41) is 40.1. The van der Waals surface area contributed by atoms with E-state index in [1.54, 1.807) is 71.8 Å². The maximum Gasteiger partial charge on any atom is 0.191 e. The van der Waals surface area contributed by atoms with Crippen LogP contribution in [0.2, 0.25) is 10.0 Å². The fourth-order valence-corrected chi connectivity index (χ4v) is 15.2. The fourth-order valence-electron chi connectivity index (χ4n) is 12.3. The number of aromatic hydroxyl groups is 1. The van der Waals surface area contributed by atoms with E-state index in [1.165, 1.54) is 23.3 Å². The molecule has 6 aromatic heterocycles. The van der Waals surface area contributed by atoms with Crippen LogP contribution in [0.3, 0.4) is 0 Å². The number of phenols is 1. The van der Waals surface area contributed by atoms with Gasteiger partial charge in [-0.15, -0.1) is 12.4 Å². The number of thioether (sulfide) groups is 3. The lowest BCUT2D eigenvalue weighted by Crippen LogP contribution is -2.37. The van der Waals surface area contributed by atoms with Gasteiger partial charge in [0, 0.05) is 141 Å². The molecule has 3 aliphatic rings. The number of nitrogens with one attached hydrogen (secondary N) is 3. The molecular formula is C80H98Cl3FN18O4S3. The van der Waals surface area contributed by atoms with Crippen molar-refractivity contribution in [1.82, 2.24) is 73.9 Å². The molecule has 3 fully saturated rings. The number of fused-ring (bicyclic) bond motifs is 3. The van der Waals surface area contributed by atoms with Crippen LogP contribution in [0.4, 0.5) is 38.9 Å². The number of anilines is 6. The van der Waals surface area contributed by atoms with Crippen LogP contribution in [0.25, 0.3) is 33.1 Å². The number of phenolic OH excluding ortho intramolecular Hbond substituents is 1. The minimum Gasteiger partial charge on any atom is -0.508 e. The van der Waals surface area contributed by atoms with Crippen molar-refractivity contribution in [3.05, 3.63) is 209 Å². The van der Waals surface area contributed by atoms with Gasteiger partial charge in [-0.1, -0.05) is 186 Å². The number of aryl methyl sites for hydroxylation is 2. The Morgan fingerprint density at radius 2 is 0.798 bits per heavy atom. The van der Waals surface area contributed by atoms with E-state index in [4.69, 9.17) is 72.4 Å². The zero-order chi connectivity index (χ0) is 72.1. The first-order chi connectivity index (χ1) is 51.4. The van der Waals surface area contributed by atoms with Crippen molar-refractivity contribution in [3.63, 3.8) is 0 Å². The lowest BCUT2D eigenvalue weighted by atomic mass is 10.0. The summed E-state index contributed by atoms with van der Waals surface area (Å²) < 4.78 is 35.5. The largest absolute Gasteiger partial charge is 0.508 e. The third-order valence-electron chi connectivity index (χ3n) is 18.1. The Kier molecular flexibility index (Phi) is 33.3. The van der Waals surface area contributed by atoms with Crippen molar-refractivity contribution >= 4 is 139 Å². The maximum atomic E-state index is 13.3. The number of morpholine rings is 3. The molecule has 6 aromatic carbocycles. The number of nitrogens with zero attached hydrogens (tertiary/aromatic N) is 15. The average molecular weight is 1600 g/mol. The second kappa shape index (κ2) is 42.8. The lowest BCUT2D eigenvalue weighted by molar-refractivity contribution is 0.0409. The van der Waals surface area contributed by atoms with Crippen molar-refractivity contribution in [1.29, 1.82) is 0 Å². The number of ether oxygens (including phenoxy) is 3. The van der Waals surface area contributed by atoms with Gasteiger partial charge in [-0.2, -0.15) is 15.3 Å². The number of aromatic nitrogens is 12. The second-order valence-corrected chi connectivity index (χ2v) is 29.7. The first kappa shape index (κ1) is 84.8. The summed E-state index contributed by atoms with van der Waals surface area (Å²) in [6.45, 7) is 20.0. The van der Waals surface area contributed by atoms with Crippen LogP contribution in [0, 0.1) is 5.82 Å². The van der Waals surface area contributed by atoms with Crippen molar-refractivity contribution in [2.24, 2.45) is 0 Å². The van der Waals surface area contributed by atoms with E-state index < -0.39 is 0 Å². The number of hydrogen-bond donors (Lipinski definition) is 4. The number of benzene rings is 6. The predicted molar refractivity (Wildman–Crippen MR) is 448 cm³/mol. The van der Waals surface area contributed by atoms with E-state index in [2.05, 4.69) is 103 Å². The highest BCUT2D eigenvalue weighted by atomic mass is 35.5. The van der Waals surface area contributed by atoms with Crippen LogP contribution in [-0.2, 0) is 40.3 Å². The molecule has 9 heterocycles. The van der Waals surface area contributed by atoms with Gasteiger partial charge in [0.25, 0.3) is 0 Å². The monoisotopic (exact) mass is 1590 g/mol. The van der Waals surface area contributed by atoms with Crippen LogP contribution >= 0.6 is 70.9 Å². The van der Waals surface area contributed by atoms with Crippen LogP contribution in [-0.4, -0.2) is 195 Å². The molecule has 4 N–H and O–H groups in total. The van der Waals surface area contributed by atoms with E-state index in [9.17, 15) is 9.50 Å². The molecule has 15 rings (SSSR count). The molecule has 578 valence electrons. The van der Waals surface area contributed by atoms with Crippen molar-refractivity contribution in [2.75, 3.05) is 132 Å². The van der Waals surface area contributed by atoms with Crippen LogP contribution in [0.15, 0.2) is 192 Å². The molecule has 0 amide bonds. The van der Waals surface area contributed by atoms with Gasteiger partial charge in [0.1, 0.15) is 29.0 Å². The molecular weight excluding hydrogens is 1500 g/mol. The average Bonchev–Trinajstić information content (AvgIpc) is 1.68.